The van der Waals surface area contributed by atoms with Crippen molar-refractivity contribution in [2.24, 2.45) is 0 Å². The number of ether oxygens (including phenoxy) is 1. The molecule has 102 valence electrons. The van der Waals surface area contributed by atoms with Gasteiger partial charge in [-0.1, -0.05) is 40.9 Å². The van der Waals surface area contributed by atoms with Crippen LogP contribution in [0.4, 0.5) is 0 Å². The highest BCUT2D eigenvalue weighted by Gasteiger charge is 2.16. The quantitative estimate of drug-likeness (QED) is 0.853. The number of thioether (sulfide) groups is 1. The number of hydrogen-bond donors (Lipinski definition) is 1. The molecule has 2 rings (SSSR count). The highest BCUT2D eigenvalue weighted by atomic mass is 32.2. The number of nitrogens with zero attached hydrogens (tertiary/aromatic N) is 2. The summed E-state index contributed by atoms with van der Waals surface area (Å²) in [6, 6.07) is 5.71. The third kappa shape index (κ3) is 3.42. The number of benzene rings is 1. The molecule has 2 aromatic rings. The number of hydrogen-bond acceptors (Lipinski definition) is 7. The van der Waals surface area contributed by atoms with Crippen LogP contribution in [0.25, 0.3) is 0 Å². The van der Waals surface area contributed by atoms with Crippen molar-refractivity contribution in [2.45, 2.75) is 26.6 Å². The van der Waals surface area contributed by atoms with Gasteiger partial charge in [-0.25, -0.2) is 0 Å². The van der Waals surface area contributed by atoms with Crippen molar-refractivity contribution >= 4 is 34.9 Å². The van der Waals surface area contributed by atoms with Gasteiger partial charge in [0.15, 0.2) is 8.68 Å². The molecule has 0 bridgehead atoms. The molecule has 1 N–H and O–H groups in total. The summed E-state index contributed by atoms with van der Waals surface area (Å²) >= 11 is 4.62. The van der Waals surface area contributed by atoms with E-state index in [1.54, 1.807) is 37.1 Å². The van der Waals surface area contributed by atoms with Crippen molar-refractivity contribution in [3.8, 4) is 5.75 Å². The number of aliphatic hydroxyl groups is 1. The van der Waals surface area contributed by atoms with Crippen LogP contribution in [0.5, 0.6) is 5.75 Å². The first-order valence-electron chi connectivity index (χ1n) is 5.56. The van der Waals surface area contributed by atoms with Crippen LogP contribution in [0.15, 0.2) is 31.8 Å². The summed E-state index contributed by atoms with van der Waals surface area (Å²) in [7, 11) is 1.60. The molecule has 0 spiro atoms. The molecule has 1 heterocycles. The van der Waals surface area contributed by atoms with Crippen molar-refractivity contribution in [1.29, 1.82) is 0 Å². The Kier molecular flexibility index (Phi) is 5.09. The first-order chi connectivity index (χ1) is 9.15. The van der Waals surface area contributed by atoms with E-state index >= 15 is 0 Å². The van der Waals surface area contributed by atoms with Crippen molar-refractivity contribution in [3.05, 3.63) is 23.8 Å². The van der Waals surface area contributed by atoms with E-state index in [0.29, 0.717) is 5.75 Å². The lowest BCUT2D eigenvalue weighted by molar-refractivity contribution is 0.191. The van der Waals surface area contributed by atoms with Gasteiger partial charge in [-0.15, -0.1) is 10.2 Å². The minimum Gasteiger partial charge on any atom is -0.496 e. The van der Waals surface area contributed by atoms with Crippen molar-refractivity contribution in [2.75, 3.05) is 13.4 Å². The smallest absolute Gasteiger partial charge is 0.179 e. The third-order valence-corrected chi connectivity index (χ3v) is 5.45. The molecule has 0 aliphatic heterocycles. The van der Waals surface area contributed by atoms with Gasteiger partial charge in [0, 0.05) is 10.5 Å². The predicted molar refractivity (Wildman–Crippen MR) is 79.4 cm³/mol. The Morgan fingerprint density at radius 3 is 2.63 bits per heavy atom. The monoisotopic (exact) mass is 314 g/mol. The summed E-state index contributed by atoms with van der Waals surface area (Å²) in [6.07, 6.45) is 1.38. The van der Waals surface area contributed by atoms with Gasteiger partial charge in [0.2, 0.25) is 0 Å². The highest BCUT2D eigenvalue weighted by molar-refractivity contribution is 8.03. The average molecular weight is 314 g/mol. The number of methoxy groups -OCH3 is 1. The maximum Gasteiger partial charge on any atom is 0.179 e. The Labute approximate surface area is 124 Å². The van der Waals surface area contributed by atoms with Crippen LogP contribution in [-0.4, -0.2) is 28.7 Å². The van der Waals surface area contributed by atoms with E-state index in [-0.39, 0.29) is 0 Å². The third-order valence-electron chi connectivity index (χ3n) is 2.42. The van der Waals surface area contributed by atoms with Crippen LogP contribution in [0.3, 0.4) is 0 Å². The second-order valence-corrected chi connectivity index (χ2v) is 7.01. The molecule has 0 radical (unpaired) electrons. The highest BCUT2D eigenvalue weighted by Crippen LogP contribution is 2.39. The molecule has 0 fully saturated rings. The molecule has 0 saturated heterocycles. The fourth-order valence-corrected chi connectivity index (χ4v) is 4.25. The van der Waals surface area contributed by atoms with Crippen molar-refractivity contribution < 1.29 is 9.84 Å². The Hall–Kier alpha value is -0.760. The molecular weight excluding hydrogens is 300 g/mol. The predicted octanol–water partition coefficient (Wildman–Crippen LogP) is 3.47. The molecule has 0 saturated carbocycles. The fraction of sp³-hybridized carbons (Fsp3) is 0.333. The minimum atomic E-state index is -0.591. The fourth-order valence-electron chi connectivity index (χ4n) is 1.62. The average Bonchev–Trinajstić information content (AvgIpc) is 2.85. The molecule has 1 aromatic heterocycles. The Morgan fingerprint density at radius 1 is 1.32 bits per heavy atom. The van der Waals surface area contributed by atoms with E-state index in [2.05, 4.69) is 10.2 Å². The molecule has 19 heavy (non-hydrogen) atoms. The largest absolute Gasteiger partial charge is 0.496 e. The topological polar surface area (TPSA) is 55.2 Å². The van der Waals surface area contributed by atoms with Gasteiger partial charge >= 0.3 is 0 Å². The van der Waals surface area contributed by atoms with E-state index in [4.69, 9.17) is 4.74 Å². The zero-order valence-electron chi connectivity index (χ0n) is 10.8. The molecule has 4 nitrogen and oxygen atoms in total. The molecule has 1 atom stereocenters. The van der Waals surface area contributed by atoms with Crippen LogP contribution in [-0.2, 0) is 0 Å². The van der Waals surface area contributed by atoms with Crippen LogP contribution in [0.1, 0.15) is 18.6 Å². The lowest BCUT2D eigenvalue weighted by Gasteiger charge is -2.14. The Balaban J connectivity index is 2.33. The van der Waals surface area contributed by atoms with E-state index in [1.807, 2.05) is 24.5 Å². The van der Waals surface area contributed by atoms with E-state index < -0.39 is 6.10 Å². The van der Waals surface area contributed by atoms with E-state index in [1.165, 1.54) is 11.8 Å². The van der Waals surface area contributed by atoms with Crippen LogP contribution >= 0.6 is 34.9 Å². The second kappa shape index (κ2) is 6.60. The summed E-state index contributed by atoms with van der Waals surface area (Å²) in [5.74, 6) is 0.689. The van der Waals surface area contributed by atoms with Gasteiger partial charge in [-0.2, -0.15) is 0 Å². The van der Waals surface area contributed by atoms with E-state index in [0.717, 1.165) is 19.1 Å². The summed E-state index contributed by atoms with van der Waals surface area (Å²) in [5.41, 5.74) is 0.788. The molecular formula is C12H14N2O2S3. The summed E-state index contributed by atoms with van der Waals surface area (Å²) in [6.45, 7) is 1.73. The maximum absolute atomic E-state index is 9.92. The molecule has 0 amide bonds. The number of rotatable bonds is 5. The maximum atomic E-state index is 9.92. The number of aromatic nitrogens is 2. The normalized spacial score (nSPS) is 12.4. The van der Waals surface area contributed by atoms with Gasteiger partial charge in [0.1, 0.15) is 5.75 Å². The van der Waals surface area contributed by atoms with Crippen LogP contribution < -0.4 is 4.74 Å². The number of aliphatic hydroxyl groups excluding tert-OH is 1. The molecule has 0 unspecified atom stereocenters. The SMILES string of the molecule is COc1cccc(Sc2nnc(SC)s2)c1[C@H](C)O. The standard InChI is InChI=1S/C12H14N2O2S3/c1-7(15)10-8(16-2)5-4-6-9(10)18-12-14-13-11(17-3)19-12/h4-7,15H,1-3H3/t7-/m0/s1. The first-order valence-corrected chi connectivity index (χ1v) is 8.41. The van der Waals surface area contributed by atoms with Crippen molar-refractivity contribution in [3.63, 3.8) is 0 Å². The van der Waals surface area contributed by atoms with Gasteiger partial charge in [0.05, 0.1) is 13.2 Å². The van der Waals surface area contributed by atoms with Gasteiger partial charge in [-0.05, 0) is 25.3 Å². The van der Waals surface area contributed by atoms with E-state index in [9.17, 15) is 5.11 Å². The van der Waals surface area contributed by atoms with Crippen LogP contribution in [0.2, 0.25) is 0 Å². The minimum absolute atomic E-state index is 0.591. The molecule has 1 aromatic carbocycles. The molecule has 7 heteroatoms. The summed E-state index contributed by atoms with van der Waals surface area (Å²) < 4.78 is 7.10. The summed E-state index contributed by atoms with van der Waals surface area (Å²) in [4.78, 5) is 0.943. The molecule has 0 aliphatic carbocycles. The summed E-state index contributed by atoms with van der Waals surface area (Å²) in [5, 5.41) is 18.1. The van der Waals surface area contributed by atoms with Crippen molar-refractivity contribution in [1.82, 2.24) is 10.2 Å². The Morgan fingerprint density at radius 2 is 2.05 bits per heavy atom. The zero-order valence-corrected chi connectivity index (χ0v) is 13.2. The first kappa shape index (κ1) is 14.6. The second-order valence-electron chi connectivity index (χ2n) is 3.69. The van der Waals surface area contributed by atoms with Gasteiger partial charge < -0.3 is 9.84 Å². The lowest BCUT2D eigenvalue weighted by Crippen LogP contribution is -1.98. The molecule has 0 aliphatic rings. The Bertz CT molecular complexity index is 558. The van der Waals surface area contributed by atoms with Gasteiger partial charge in [0.25, 0.3) is 0 Å². The van der Waals surface area contributed by atoms with Gasteiger partial charge in [-0.3, -0.25) is 0 Å². The zero-order chi connectivity index (χ0) is 13.8. The lowest BCUT2D eigenvalue weighted by atomic mass is 10.1. The van der Waals surface area contributed by atoms with Crippen LogP contribution in [0, 0.1) is 0 Å².